The molecule has 0 fully saturated rings. The Balaban J connectivity index is 2.37. The van der Waals surface area contributed by atoms with Gasteiger partial charge in [-0.15, -0.1) is 5.47 Å². The van der Waals surface area contributed by atoms with Gasteiger partial charge in [-0.25, -0.2) is 0 Å². The molecule has 62 valence electrons. The van der Waals surface area contributed by atoms with E-state index >= 15 is 0 Å². The standard InChI is InChI=1S/C9H17BO/c1-3-6-10(2)9-4-7-11-8-5-9/h4H,3,5-8H2,1-2H3. The monoisotopic (exact) mass is 152 g/mol. The van der Waals surface area contributed by atoms with Gasteiger partial charge in [0.05, 0.1) is 6.61 Å². The van der Waals surface area contributed by atoms with E-state index in [0.717, 1.165) is 26.3 Å². The van der Waals surface area contributed by atoms with E-state index < -0.39 is 0 Å². The van der Waals surface area contributed by atoms with Gasteiger partial charge in [-0.1, -0.05) is 32.6 Å². The van der Waals surface area contributed by atoms with Crippen molar-refractivity contribution in [1.29, 1.82) is 0 Å². The first kappa shape index (κ1) is 8.86. The molecule has 0 aromatic carbocycles. The molecule has 2 heteroatoms. The highest BCUT2D eigenvalue weighted by atomic mass is 16.5. The van der Waals surface area contributed by atoms with Crippen molar-refractivity contribution in [3.8, 4) is 0 Å². The summed E-state index contributed by atoms with van der Waals surface area (Å²) in [5.74, 6) is 0. The van der Waals surface area contributed by atoms with E-state index in [2.05, 4.69) is 19.8 Å². The predicted molar refractivity (Wildman–Crippen MR) is 50.2 cm³/mol. The molecule has 1 rings (SSSR count). The largest absolute Gasteiger partial charge is 0.377 e. The van der Waals surface area contributed by atoms with E-state index in [0.29, 0.717) is 0 Å². The molecule has 0 N–H and O–H groups in total. The van der Waals surface area contributed by atoms with Gasteiger partial charge in [-0.05, 0) is 6.42 Å². The quantitative estimate of drug-likeness (QED) is 0.564. The van der Waals surface area contributed by atoms with Crippen molar-refractivity contribution in [2.75, 3.05) is 13.2 Å². The fourth-order valence-electron chi connectivity index (χ4n) is 1.61. The average molecular weight is 152 g/mol. The van der Waals surface area contributed by atoms with Crippen molar-refractivity contribution in [2.45, 2.75) is 32.9 Å². The molecule has 1 aliphatic rings. The number of ether oxygens (including phenoxy) is 1. The van der Waals surface area contributed by atoms with Crippen molar-refractivity contribution in [2.24, 2.45) is 0 Å². The smallest absolute Gasteiger partial charge is 0.167 e. The van der Waals surface area contributed by atoms with Crippen LogP contribution in [0, 0.1) is 0 Å². The molecule has 0 spiro atoms. The molecule has 1 heterocycles. The lowest BCUT2D eigenvalue weighted by Crippen LogP contribution is -2.17. The minimum absolute atomic E-state index is 0.781. The Bertz CT molecular complexity index is 142. The van der Waals surface area contributed by atoms with Crippen LogP contribution in [0.3, 0.4) is 0 Å². The Kier molecular flexibility index (Phi) is 3.71. The van der Waals surface area contributed by atoms with Crippen LogP contribution in [0.1, 0.15) is 19.8 Å². The third kappa shape index (κ3) is 2.70. The van der Waals surface area contributed by atoms with E-state index in [4.69, 9.17) is 4.74 Å². The summed E-state index contributed by atoms with van der Waals surface area (Å²) in [6, 6.07) is 0. The van der Waals surface area contributed by atoms with E-state index in [1.807, 2.05) is 0 Å². The van der Waals surface area contributed by atoms with Gasteiger partial charge in [-0.2, -0.15) is 0 Å². The molecule has 1 aliphatic heterocycles. The van der Waals surface area contributed by atoms with E-state index in [9.17, 15) is 0 Å². The molecule has 0 amide bonds. The Morgan fingerprint density at radius 2 is 2.45 bits per heavy atom. The maximum absolute atomic E-state index is 5.25. The molecule has 0 radical (unpaired) electrons. The lowest BCUT2D eigenvalue weighted by Gasteiger charge is -2.16. The summed E-state index contributed by atoms with van der Waals surface area (Å²) >= 11 is 0. The Morgan fingerprint density at radius 3 is 3.00 bits per heavy atom. The maximum atomic E-state index is 5.25. The topological polar surface area (TPSA) is 9.23 Å². The molecule has 0 aromatic rings. The van der Waals surface area contributed by atoms with Crippen LogP contribution in [-0.2, 0) is 4.74 Å². The summed E-state index contributed by atoms with van der Waals surface area (Å²) in [7, 11) is 0. The van der Waals surface area contributed by atoms with Gasteiger partial charge in [0, 0.05) is 6.61 Å². The minimum Gasteiger partial charge on any atom is -0.377 e. The lowest BCUT2D eigenvalue weighted by atomic mass is 9.43. The second-order valence-electron chi connectivity index (χ2n) is 3.29. The predicted octanol–water partition coefficient (Wildman–Crippen LogP) is 2.41. The van der Waals surface area contributed by atoms with Crippen LogP contribution in [0.15, 0.2) is 11.5 Å². The van der Waals surface area contributed by atoms with Crippen molar-refractivity contribution >= 4 is 6.71 Å². The Morgan fingerprint density at radius 1 is 1.64 bits per heavy atom. The van der Waals surface area contributed by atoms with Crippen molar-refractivity contribution in [3.63, 3.8) is 0 Å². The second kappa shape index (κ2) is 4.60. The molecule has 11 heavy (non-hydrogen) atoms. The summed E-state index contributed by atoms with van der Waals surface area (Å²) in [5, 5.41) is 0. The normalized spacial score (nSPS) is 17.8. The highest BCUT2D eigenvalue weighted by molar-refractivity contribution is 6.65. The fraction of sp³-hybridized carbons (Fsp3) is 0.778. The highest BCUT2D eigenvalue weighted by Gasteiger charge is 2.13. The molecule has 0 saturated heterocycles. The zero-order chi connectivity index (χ0) is 8.10. The summed E-state index contributed by atoms with van der Waals surface area (Å²) in [6.07, 6.45) is 6.02. The third-order valence-corrected chi connectivity index (χ3v) is 2.35. The van der Waals surface area contributed by atoms with Crippen molar-refractivity contribution in [3.05, 3.63) is 11.5 Å². The van der Waals surface area contributed by atoms with Crippen LogP contribution in [0.25, 0.3) is 0 Å². The number of hydrogen-bond acceptors (Lipinski definition) is 1. The van der Waals surface area contributed by atoms with Crippen molar-refractivity contribution in [1.82, 2.24) is 0 Å². The zero-order valence-corrected chi connectivity index (χ0v) is 7.60. The molecule has 0 aliphatic carbocycles. The highest BCUT2D eigenvalue weighted by Crippen LogP contribution is 2.15. The molecule has 1 nitrogen and oxygen atoms in total. The van der Waals surface area contributed by atoms with E-state index in [-0.39, 0.29) is 0 Å². The van der Waals surface area contributed by atoms with Gasteiger partial charge in [0.2, 0.25) is 0 Å². The minimum atomic E-state index is 0.781. The van der Waals surface area contributed by atoms with Crippen LogP contribution in [-0.4, -0.2) is 19.9 Å². The van der Waals surface area contributed by atoms with E-state index in [1.165, 1.54) is 12.7 Å². The third-order valence-electron chi connectivity index (χ3n) is 2.35. The molecule has 0 unspecified atom stereocenters. The molecule has 0 bridgehead atoms. The van der Waals surface area contributed by atoms with Crippen LogP contribution in [0.4, 0.5) is 0 Å². The first-order chi connectivity index (χ1) is 5.34. The van der Waals surface area contributed by atoms with Crippen LogP contribution < -0.4 is 0 Å². The van der Waals surface area contributed by atoms with Crippen LogP contribution in [0.2, 0.25) is 13.1 Å². The first-order valence-corrected chi connectivity index (χ1v) is 4.61. The fourth-order valence-corrected chi connectivity index (χ4v) is 1.61. The van der Waals surface area contributed by atoms with Gasteiger partial charge in [-0.3, -0.25) is 0 Å². The SMILES string of the molecule is CCCB(C)C1=CCOCC1. The van der Waals surface area contributed by atoms with Crippen LogP contribution >= 0.6 is 0 Å². The molecule has 0 saturated carbocycles. The molecule has 0 atom stereocenters. The Labute approximate surface area is 69.9 Å². The van der Waals surface area contributed by atoms with Gasteiger partial charge in [0.1, 0.15) is 0 Å². The second-order valence-corrected chi connectivity index (χ2v) is 3.29. The Hall–Kier alpha value is -0.235. The van der Waals surface area contributed by atoms with Gasteiger partial charge in [0.25, 0.3) is 0 Å². The van der Waals surface area contributed by atoms with E-state index in [1.54, 1.807) is 5.47 Å². The number of rotatable bonds is 3. The average Bonchev–Trinajstić information content (AvgIpc) is 2.07. The maximum Gasteiger partial charge on any atom is 0.167 e. The zero-order valence-electron chi connectivity index (χ0n) is 7.60. The summed E-state index contributed by atoms with van der Waals surface area (Å²) in [6.45, 7) is 7.12. The number of hydrogen-bond donors (Lipinski definition) is 0. The summed E-state index contributed by atoms with van der Waals surface area (Å²) in [5.41, 5.74) is 1.61. The van der Waals surface area contributed by atoms with Gasteiger partial charge in [0.15, 0.2) is 6.71 Å². The lowest BCUT2D eigenvalue weighted by molar-refractivity contribution is 0.157. The van der Waals surface area contributed by atoms with Gasteiger partial charge >= 0.3 is 0 Å². The van der Waals surface area contributed by atoms with Crippen LogP contribution in [0.5, 0.6) is 0 Å². The summed E-state index contributed by atoms with van der Waals surface area (Å²) < 4.78 is 5.25. The first-order valence-electron chi connectivity index (χ1n) is 4.61. The van der Waals surface area contributed by atoms with Crippen molar-refractivity contribution < 1.29 is 4.74 Å². The molecular formula is C9H17BO. The molecular weight excluding hydrogens is 135 g/mol. The summed E-state index contributed by atoms with van der Waals surface area (Å²) in [4.78, 5) is 0. The molecule has 0 aromatic heterocycles. The van der Waals surface area contributed by atoms with Gasteiger partial charge < -0.3 is 4.74 Å².